The number of nitrogen functional groups attached to an aromatic ring is 1. The highest BCUT2D eigenvalue weighted by Gasteiger charge is 2.22. The molecule has 2 unspecified atom stereocenters. The van der Waals surface area contributed by atoms with E-state index in [1.54, 1.807) is 23.3 Å². The molecule has 0 spiro atoms. The van der Waals surface area contributed by atoms with E-state index < -0.39 is 0 Å². The average molecular weight is 290 g/mol. The Morgan fingerprint density at radius 1 is 1.29 bits per heavy atom. The van der Waals surface area contributed by atoms with Gasteiger partial charge in [-0.25, -0.2) is 10.8 Å². The molecule has 2 aromatic rings. The number of anilines is 2. The molecule has 0 aromatic carbocycles. The summed E-state index contributed by atoms with van der Waals surface area (Å²) in [6, 6.07) is 0. The molecule has 2 heterocycles. The monoisotopic (exact) mass is 290 g/mol. The lowest BCUT2D eigenvalue weighted by molar-refractivity contribution is 0.178. The molecule has 9 heteroatoms. The molecule has 0 saturated heterocycles. The molecule has 9 nitrogen and oxygen atoms in total. The third-order valence-electron chi connectivity index (χ3n) is 3.55. The van der Waals surface area contributed by atoms with Crippen LogP contribution in [-0.2, 0) is 0 Å². The van der Waals surface area contributed by atoms with Crippen molar-refractivity contribution in [2.24, 2.45) is 11.8 Å². The summed E-state index contributed by atoms with van der Waals surface area (Å²) in [6.45, 7) is 0.717. The van der Waals surface area contributed by atoms with E-state index in [2.05, 4.69) is 30.7 Å². The third kappa shape index (κ3) is 3.26. The van der Waals surface area contributed by atoms with Crippen LogP contribution in [0.1, 0.15) is 19.3 Å². The Kier molecular flexibility index (Phi) is 3.93. The number of imidazole rings is 1. The quantitative estimate of drug-likeness (QED) is 0.444. The maximum Gasteiger partial charge on any atom is 0.243 e. The number of aliphatic hydroxyl groups is 1. The van der Waals surface area contributed by atoms with Crippen molar-refractivity contribution in [3.63, 3.8) is 0 Å². The van der Waals surface area contributed by atoms with Crippen molar-refractivity contribution in [3.05, 3.63) is 18.7 Å². The van der Waals surface area contributed by atoms with Gasteiger partial charge in [0.25, 0.3) is 0 Å². The van der Waals surface area contributed by atoms with Gasteiger partial charge in [-0.05, 0) is 25.2 Å². The number of hydrazine groups is 1. The zero-order chi connectivity index (χ0) is 14.7. The van der Waals surface area contributed by atoms with Gasteiger partial charge in [0.15, 0.2) is 0 Å². The molecule has 1 fully saturated rings. The first kappa shape index (κ1) is 13.7. The van der Waals surface area contributed by atoms with Crippen LogP contribution in [-0.4, -0.2) is 42.3 Å². The molecule has 1 aliphatic rings. The second-order valence-corrected chi connectivity index (χ2v) is 5.11. The van der Waals surface area contributed by atoms with E-state index in [1.165, 1.54) is 0 Å². The van der Waals surface area contributed by atoms with Gasteiger partial charge in [0.05, 0.1) is 6.10 Å². The standard InChI is InChI=1S/C12H18N8O/c13-19-11-16-10(15-6-8-1-2-9(21)5-8)17-12(18-11)20-4-3-14-7-20/h3-4,7-9,21H,1-2,5-6,13H2,(H2,15,16,17,18,19). The first-order chi connectivity index (χ1) is 10.2. The van der Waals surface area contributed by atoms with Crippen molar-refractivity contribution in [2.75, 3.05) is 17.3 Å². The number of nitrogens with zero attached hydrogens (tertiary/aromatic N) is 5. The fraction of sp³-hybridized carbons (Fsp3) is 0.500. The molecule has 112 valence electrons. The Balaban J connectivity index is 1.73. The average Bonchev–Trinajstić information content (AvgIpc) is 3.16. The molecule has 2 atom stereocenters. The molecule has 0 aliphatic heterocycles. The summed E-state index contributed by atoms with van der Waals surface area (Å²) in [4.78, 5) is 16.6. The molecule has 0 bridgehead atoms. The Morgan fingerprint density at radius 2 is 2.14 bits per heavy atom. The van der Waals surface area contributed by atoms with Gasteiger partial charge in [-0.3, -0.25) is 9.99 Å². The first-order valence-electron chi connectivity index (χ1n) is 6.87. The van der Waals surface area contributed by atoms with Crippen LogP contribution in [0.3, 0.4) is 0 Å². The molecule has 3 rings (SSSR count). The summed E-state index contributed by atoms with van der Waals surface area (Å²) >= 11 is 0. The summed E-state index contributed by atoms with van der Waals surface area (Å²) in [7, 11) is 0. The van der Waals surface area contributed by atoms with Gasteiger partial charge in [0.1, 0.15) is 6.33 Å². The van der Waals surface area contributed by atoms with E-state index in [9.17, 15) is 5.11 Å². The normalized spacial score (nSPS) is 21.4. The van der Waals surface area contributed by atoms with Crippen LogP contribution in [0.4, 0.5) is 11.9 Å². The number of nitrogens with two attached hydrogens (primary N) is 1. The predicted octanol–water partition coefficient (Wildman–Crippen LogP) is -0.0842. The number of hydrogen-bond acceptors (Lipinski definition) is 8. The Hall–Kier alpha value is -2.26. The van der Waals surface area contributed by atoms with Gasteiger partial charge in [-0.15, -0.1) is 0 Å². The lowest BCUT2D eigenvalue weighted by Gasteiger charge is -2.12. The largest absolute Gasteiger partial charge is 0.393 e. The molecule has 5 N–H and O–H groups in total. The van der Waals surface area contributed by atoms with Crippen molar-refractivity contribution < 1.29 is 5.11 Å². The Labute approximate surface area is 121 Å². The van der Waals surface area contributed by atoms with Gasteiger partial charge < -0.3 is 10.4 Å². The maximum absolute atomic E-state index is 9.54. The lowest BCUT2D eigenvalue weighted by atomic mass is 10.1. The summed E-state index contributed by atoms with van der Waals surface area (Å²) < 4.78 is 1.67. The smallest absolute Gasteiger partial charge is 0.243 e. The van der Waals surface area contributed by atoms with E-state index in [1.807, 2.05) is 0 Å². The summed E-state index contributed by atoms with van der Waals surface area (Å²) in [5.74, 6) is 6.98. The number of hydrogen-bond donors (Lipinski definition) is 4. The van der Waals surface area contributed by atoms with Crippen molar-refractivity contribution in [1.82, 2.24) is 24.5 Å². The molecule has 2 aromatic heterocycles. The van der Waals surface area contributed by atoms with Crippen LogP contribution in [0.5, 0.6) is 0 Å². The van der Waals surface area contributed by atoms with Crippen molar-refractivity contribution in [2.45, 2.75) is 25.4 Å². The summed E-state index contributed by atoms with van der Waals surface area (Å²) in [5.41, 5.74) is 2.43. The zero-order valence-corrected chi connectivity index (χ0v) is 11.5. The zero-order valence-electron chi connectivity index (χ0n) is 11.5. The van der Waals surface area contributed by atoms with E-state index in [-0.39, 0.29) is 12.1 Å². The Morgan fingerprint density at radius 3 is 2.81 bits per heavy atom. The van der Waals surface area contributed by atoms with Crippen LogP contribution in [0.2, 0.25) is 0 Å². The number of nitrogens with one attached hydrogen (secondary N) is 2. The first-order valence-corrected chi connectivity index (χ1v) is 6.87. The second kappa shape index (κ2) is 6.02. The van der Waals surface area contributed by atoms with E-state index >= 15 is 0 Å². The summed E-state index contributed by atoms with van der Waals surface area (Å²) in [6.07, 6.45) is 7.49. The molecule has 0 amide bonds. The van der Waals surface area contributed by atoms with Gasteiger partial charge >= 0.3 is 0 Å². The van der Waals surface area contributed by atoms with Gasteiger partial charge in [0.2, 0.25) is 17.8 Å². The fourth-order valence-corrected chi connectivity index (χ4v) is 2.47. The third-order valence-corrected chi connectivity index (χ3v) is 3.55. The SMILES string of the molecule is NNc1nc(NCC2CCC(O)C2)nc(-n2ccnc2)n1. The highest BCUT2D eigenvalue weighted by Crippen LogP contribution is 2.25. The van der Waals surface area contributed by atoms with Crippen molar-refractivity contribution >= 4 is 11.9 Å². The minimum absolute atomic E-state index is 0.182. The van der Waals surface area contributed by atoms with Crippen LogP contribution < -0.4 is 16.6 Å². The maximum atomic E-state index is 9.54. The fourth-order valence-electron chi connectivity index (χ4n) is 2.47. The van der Waals surface area contributed by atoms with Crippen LogP contribution in [0.15, 0.2) is 18.7 Å². The Bertz CT molecular complexity index is 587. The molecule has 1 aliphatic carbocycles. The van der Waals surface area contributed by atoms with E-state index in [4.69, 9.17) is 5.84 Å². The highest BCUT2D eigenvalue weighted by atomic mass is 16.3. The second-order valence-electron chi connectivity index (χ2n) is 5.11. The van der Waals surface area contributed by atoms with Crippen molar-refractivity contribution in [1.29, 1.82) is 0 Å². The molecule has 1 saturated carbocycles. The van der Waals surface area contributed by atoms with Gasteiger partial charge in [0, 0.05) is 18.9 Å². The minimum atomic E-state index is -0.182. The molecular weight excluding hydrogens is 272 g/mol. The van der Waals surface area contributed by atoms with Gasteiger partial charge in [-0.2, -0.15) is 15.0 Å². The van der Waals surface area contributed by atoms with E-state index in [0.717, 1.165) is 19.3 Å². The number of aliphatic hydroxyl groups excluding tert-OH is 1. The van der Waals surface area contributed by atoms with Crippen LogP contribution in [0, 0.1) is 5.92 Å². The number of aromatic nitrogens is 5. The topological polar surface area (TPSA) is 127 Å². The lowest BCUT2D eigenvalue weighted by Crippen LogP contribution is -2.18. The summed E-state index contributed by atoms with van der Waals surface area (Å²) in [5, 5.41) is 12.7. The van der Waals surface area contributed by atoms with Crippen molar-refractivity contribution in [3.8, 4) is 5.95 Å². The molecule has 0 radical (unpaired) electrons. The minimum Gasteiger partial charge on any atom is -0.393 e. The highest BCUT2D eigenvalue weighted by molar-refractivity contribution is 5.37. The van der Waals surface area contributed by atoms with E-state index in [0.29, 0.717) is 24.4 Å². The van der Waals surface area contributed by atoms with Crippen LogP contribution >= 0.6 is 0 Å². The van der Waals surface area contributed by atoms with Gasteiger partial charge in [-0.1, -0.05) is 0 Å². The molecular formula is C12H18N8O. The molecule has 21 heavy (non-hydrogen) atoms. The number of rotatable bonds is 5. The predicted molar refractivity (Wildman–Crippen MR) is 76.6 cm³/mol. The van der Waals surface area contributed by atoms with Crippen LogP contribution in [0.25, 0.3) is 5.95 Å².